The molecule has 0 saturated heterocycles. The van der Waals surface area contributed by atoms with Crippen molar-refractivity contribution in [2.45, 2.75) is 19.9 Å². The standard InChI is InChI=1S/C14H16ClN3/c1-3-16-13(14-17-7-4-8-18-14)11-6-5-10(2)12(15)9-11/h4-9,13,16H,3H2,1-2H3. The van der Waals surface area contributed by atoms with Crippen LogP contribution in [0.4, 0.5) is 0 Å². The molecule has 18 heavy (non-hydrogen) atoms. The summed E-state index contributed by atoms with van der Waals surface area (Å²) in [7, 11) is 0. The van der Waals surface area contributed by atoms with Gasteiger partial charge in [0.15, 0.2) is 0 Å². The van der Waals surface area contributed by atoms with Gasteiger partial charge in [0.2, 0.25) is 0 Å². The van der Waals surface area contributed by atoms with Gasteiger partial charge < -0.3 is 5.32 Å². The summed E-state index contributed by atoms with van der Waals surface area (Å²) in [6.07, 6.45) is 3.50. The molecule has 1 unspecified atom stereocenters. The van der Waals surface area contributed by atoms with Crippen molar-refractivity contribution in [1.82, 2.24) is 15.3 Å². The second-order valence-corrected chi connectivity index (χ2v) is 4.51. The lowest BCUT2D eigenvalue weighted by atomic mass is 10.0. The van der Waals surface area contributed by atoms with Crippen molar-refractivity contribution >= 4 is 11.6 Å². The molecule has 4 heteroatoms. The first-order chi connectivity index (χ1) is 8.72. The molecule has 3 nitrogen and oxygen atoms in total. The van der Waals surface area contributed by atoms with E-state index in [4.69, 9.17) is 11.6 Å². The van der Waals surface area contributed by atoms with Gasteiger partial charge in [0.25, 0.3) is 0 Å². The van der Waals surface area contributed by atoms with Crippen molar-refractivity contribution in [2.24, 2.45) is 0 Å². The normalized spacial score (nSPS) is 12.4. The third-order valence-electron chi connectivity index (χ3n) is 2.78. The highest BCUT2D eigenvalue weighted by molar-refractivity contribution is 6.31. The molecule has 0 fully saturated rings. The smallest absolute Gasteiger partial charge is 0.149 e. The monoisotopic (exact) mass is 261 g/mol. The fourth-order valence-electron chi connectivity index (χ4n) is 1.81. The number of aromatic nitrogens is 2. The first-order valence-corrected chi connectivity index (χ1v) is 6.36. The predicted molar refractivity (Wildman–Crippen MR) is 73.7 cm³/mol. The van der Waals surface area contributed by atoms with Crippen LogP contribution in [0.1, 0.15) is 29.9 Å². The number of hydrogen-bond acceptors (Lipinski definition) is 3. The van der Waals surface area contributed by atoms with Crippen LogP contribution in [0.3, 0.4) is 0 Å². The average Bonchev–Trinajstić information content (AvgIpc) is 2.40. The van der Waals surface area contributed by atoms with Gasteiger partial charge in [-0.25, -0.2) is 9.97 Å². The van der Waals surface area contributed by atoms with Gasteiger partial charge in [0.1, 0.15) is 5.82 Å². The summed E-state index contributed by atoms with van der Waals surface area (Å²) in [6.45, 7) is 4.90. The maximum absolute atomic E-state index is 6.18. The third kappa shape index (κ3) is 2.86. The molecule has 1 N–H and O–H groups in total. The Hall–Kier alpha value is -1.45. The Balaban J connectivity index is 2.38. The van der Waals surface area contributed by atoms with Crippen LogP contribution in [0.25, 0.3) is 0 Å². The van der Waals surface area contributed by atoms with E-state index in [-0.39, 0.29) is 6.04 Å². The molecule has 0 amide bonds. The second-order valence-electron chi connectivity index (χ2n) is 4.11. The molecule has 0 bridgehead atoms. The van der Waals surface area contributed by atoms with Gasteiger partial charge in [-0.1, -0.05) is 30.7 Å². The lowest BCUT2D eigenvalue weighted by Crippen LogP contribution is -2.23. The van der Waals surface area contributed by atoms with Crippen LogP contribution < -0.4 is 5.32 Å². The number of aryl methyl sites for hydroxylation is 1. The lowest BCUT2D eigenvalue weighted by Gasteiger charge is -2.17. The molecule has 1 atom stereocenters. The van der Waals surface area contributed by atoms with Gasteiger partial charge in [0, 0.05) is 17.4 Å². The molecule has 1 aromatic carbocycles. The van der Waals surface area contributed by atoms with Gasteiger partial charge in [-0.2, -0.15) is 0 Å². The molecule has 0 saturated carbocycles. The SMILES string of the molecule is CCNC(c1ccc(C)c(Cl)c1)c1ncccn1. The van der Waals surface area contributed by atoms with E-state index in [2.05, 4.69) is 28.3 Å². The fourth-order valence-corrected chi connectivity index (χ4v) is 2.00. The Morgan fingerprint density at radius 3 is 2.61 bits per heavy atom. The van der Waals surface area contributed by atoms with Crippen LogP contribution in [0.5, 0.6) is 0 Å². The first kappa shape index (κ1) is 13.0. The maximum atomic E-state index is 6.18. The summed E-state index contributed by atoms with van der Waals surface area (Å²) in [5, 5.41) is 4.15. The van der Waals surface area contributed by atoms with Crippen molar-refractivity contribution in [3.05, 3.63) is 58.6 Å². The summed E-state index contributed by atoms with van der Waals surface area (Å²) >= 11 is 6.18. The van der Waals surface area contributed by atoms with Crippen molar-refractivity contribution in [2.75, 3.05) is 6.54 Å². The van der Waals surface area contributed by atoms with Crippen LogP contribution in [-0.4, -0.2) is 16.5 Å². The number of nitrogens with zero attached hydrogens (tertiary/aromatic N) is 2. The number of benzene rings is 1. The van der Waals surface area contributed by atoms with Crippen LogP contribution in [0.2, 0.25) is 5.02 Å². The van der Waals surface area contributed by atoms with E-state index in [1.807, 2.05) is 25.1 Å². The molecule has 0 aliphatic carbocycles. The van der Waals surface area contributed by atoms with Gasteiger partial charge in [-0.05, 0) is 36.7 Å². The quantitative estimate of drug-likeness (QED) is 0.919. The number of hydrogen-bond donors (Lipinski definition) is 1. The molecule has 0 spiro atoms. The maximum Gasteiger partial charge on any atom is 0.149 e. The van der Waals surface area contributed by atoms with Crippen molar-refractivity contribution < 1.29 is 0 Å². The molecule has 0 aliphatic rings. The lowest BCUT2D eigenvalue weighted by molar-refractivity contribution is 0.597. The summed E-state index contributed by atoms with van der Waals surface area (Å²) < 4.78 is 0. The number of halogens is 1. The van der Waals surface area contributed by atoms with Crippen molar-refractivity contribution in [3.8, 4) is 0 Å². The predicted octanol–water partition coefficient (Wildman–Crippen LogP) is 3.14. The van der Waals surface area contributed by atoms with Gasteiger partial charge in [0.05, 0.1) is 6.04 Å². The summed E-state index contributed by atoms with van der Waals surface area (Å²) in [5.41, 5.74) is 2.16. The molecule has 1 aromatic heterocycles. The van der Waals surface area contributed by atoms with Crippen LogP contribution in [0, 0.1) is 6.92 Å². The van der Waals surface area contributed by atoms with Crippen LogP contribution in [-0.2, 0) is 0 Å². The minimum Gasteiger partial charge on any atom is -0.304 e. The zero-order valence-corrected chi connectivity index (χ0v) is 11.3. The zero-order valence-electron chi connectivity index (χ0n) is 10.5. The summed E-state index contributed by atoms with van der Waals surface area (Å²) in [5.74, 6) is 0.763. The highest BCUT2D eigenvalue weighted by Gasteiger charge is 2.16. The van der Waals surface area contributed by atoms with E-state index < -0.39 is 0 Å². The minimum absolute atomic E-state index is 0.0192. The van der Waals surface area contributed by atoms with E-state index >= 15 is 0 Å². The molecule has 2 aromatic rings. The van der Waals surface area contributed by atoms with E-state index in [0.717, 1.165) is 28.5 Å². The highest BCUT2D eigenvalue weighted by Crippen LogP contribution is 2.24. The zero-order chi connectivity index (χ0) is 13.0. The molecule has 94 valence electrons. The number of nitrogens with one attached hydrogen (secondary N) is 1. The Kier molecular flexibility index (Phi) is 4.28. The van der Waals surface area contributed by atoms with E-state index in [0.29, 0.717) is 0 Å². The van der Waals surface area contributed by atoms with Crippen LogP contribution in [0.15, 0.2) is 36.7 Å². The van der Waals surface area contributed by atoms with E-state index in [1.54, 1.807) is 12.4 Å². The molecule has 2 rings (SSSR count). The molecule has 0 radical (unpaired) electrons. The highest BCUT2D eigenvalue weighted by atomic mass is 35.5. The topological polar surface area (TPSA) is 37.8 Å². The van der Waals surface area contributed by atoms with Gasteiger partial charge in [-0.3, -0.25) is 0 Å². The van der Waals surface area contributed by atoms with E-state index in [9.17, 15) is 0 Å². The number of rotatable bonds is 4. The second kappa shape index (κ2) is 5.94. The Bertz CT molecular complexity index is 514. The van der Waals surface area contributed by atoms with Gasteiger partial charge in [-0.15, -0.1) is 0 Å². The molecular weight excluding hydrogens is 246 g/mol. The summed E-state index contributed by atoms with van der Waals surface area (Å²) in [4.78, 5) is 8.62. The van der Waals surface area contributed by atoms with Gasteiger partial charge >= 0.3 is 0 Å². The molecule has 1 heterocycles. The largest absolute Gasteiger partial charge is 0.304 e. The Morgan fingerprint density at radius 1 is 1.28 bits per heavy atom. The van der Waals surface area contributed by atoms with Crippen LogP contribution >= 0.6 is 11.6 Å². The third-order valence-corrected chi connectivity index (χ3v) is 3.19. The molecular formula is C14H16ClN3. The molecule has 0 aliphatic heterocycles. The van der Waals surface area contributed by atoms with Crippen molar-refractivity contribution in [1.29, 1.82) is 0 Å². The average molecular weight is 262 g/mol. The van der Waals surface area contributed by atoms with Crippen molar-refractivity contribution in [3.63, 3.8) is 0 Å². The Labute approximate surface area is 112 Å². The minimum atomic E-state index is -0.0192. The first-order valence-electron chi connectivity index (χ1n) is 5.98. The van der Waals surface area contributed by atoms with E-state index in [1.165, 1.54) is 0 Å². The summed E-state index contributed by atoms with van der Waals surface area (Å²) in [6, 6.07) is 7.85. The Morgan fingerprint density at radius 2 is 2.00 bits per heavy atom. The fraction of sp³-hybridized carbons (Fsp3) is 0.286.